The minimum absolute atomic E-state index is 0.351. The Morgan fingerprint density at radius 1 is 0.318 bits per heavy atom. The molecule has 66 heavy (non-hydrogen) atoms. The molecule has 0 aliphatic carbocycles. The Kier molecular flexibility index (Phi) is 12.1. The third kappa shape index (κ3) is 9.17. The van der Waals surface area contributed by atoms with E-state index in [0.29, 0.717) is 89.4 Å². The number of fused-ring (bicyclic) bond motifs is 8. The van der Waals surface area contributed by atoms with E-state index < -0.39 is 40.5 Å². The summed E-state index contributed by atoms with van der Waals surface area (Å²) in [6, 6.07) is 28.4. The molecular weight excluding hydrogens is 972 g/mol. The van der Waals surface area contributed by atoms with Gasteiger partial charge in [-0.3, -0.25) is 18.2 Å². The molecule has 4 N–H and O–H groups in total. The Morgan fingerprint density at radius 3 is 0.667 bits per heavy atom. The van der Waals surface area contributed by atoms with Gasteiger partial charge in [0.25, 0.3) is 40.5 Å². The topological polar surface area (TPSA) is 289 Å². The maximum absolute atomic E-state index is 12.0. The Morgan fingerprint density at radius 2 is 0.500 bits per heavy atom. The number of aromatic nitrogens is 4. The summed E-state index contributed by atoms with van der Waals surface area (Å²) in [6.07, 6.45) is 6.79. The van der Waals surface area contributed by atoms with Crippen molar-refractivity contribution in [2.24, 2.45) is 0 Å². The summed E-state index contributed by atoms with van der Waals surface area (Å²) >= 11 is 1.06. The van der Waals surface area contributed by atoms with Crippen molar-refractivity contribution in [3.63, 3.8) is 0 Å². The van der Waals surface area contributed by atoms with Crippen LogP contribution in [0.4, 0.5) is 0 Å². The number of nitrogens with zero attached hydrogens (tertiary/aromatic N) is 4. The van der Waals surface area contributed by atoms with E-state index >= 15 is 0 Å². The quantitative estimate of drug-likeness (QED) is 0.107. The third-order valence-electron chi connectivity index (χ3n) is 10.4. The third-order valence-corrected chi connectivity index (χ3v) is 13.8. The van der Waals surface area contributed by atoms with Crippen molar-refractivity contribution in [1.29, 1.82) is 0 Å². The van der Waals surface area contributed by atoms with Crippen molar-refractivity contribution in [2.45, 2.75) is 19.6 Å². The summed E-state index contributed by atoms with van der Waals surface area (Å²) in [5.41, 5.74) is 6.28. The van der Waals surface area contributed by atoms with Gasteiger partial charge in [0.15, 0.2) is 0 Å². The molecule has 0 saturated carbocycles. The summed E-state index contributed by atoms with van der Waals surface area (Å²) in [5.74, 6) is 0. The van der Waals surface area contributed by atoms with E-state index in [1.165, 1.54) is 97.1 Å². The normalized spacial score (nSPS) is 12.8. The monoisotopic (exact) mass is 999 g/mol. The zero-order valence-corrected chi connectivity index (χ0v) is 37.9. The molecule has 2 aliphatic heterocycles. The number of hydrogen-bond acceptors (Lipinski definition) is 11. The molecule has 4 aromatic carbocycles. The van der Waals surface area contributed by atoms with Gasteiger partial charge < -0.3 is 9.97 Å². The zero-order valence-electron chi connectivity index (χ0n) is 33.2. The Hall–Kier alpha value is -6.50. The van der Waals surface area contributed by atoms with E-state index in [4.69, 9.17) is 23.6 Å². The van der Waals surface area contributed by atoms with Crippen LogP contribution < -0.4 is 9.97 Å². The first-order valence-electron chi connectivity index (χ1n) is 18.8. The molecule has 7 aromatic rings. The predicted octanol–water partition coefficient (Wildman–Crippen LogP) is 7.45. The van der Waals surface area contributed by atoms with E-state index in [1.54, 1.807) is 48.6 Å². The summed E-state index contributed by atoms with van der Waals surface area (Å²) in [6.45, 7) is 0. The number of rotatable bonds is 8. The Balaban J connectivity index is 0.00000292. The van der Waals surface area contributed by atoms with Crippen molar-refractivity contribution in [1.82, 2.24) is 19.9 Å². The van der Waals surface area contributed by atoms with Gasteiger partial charge in [0.2, 0.25) is 0 Å². The minimum atomic E-state index is -4.56. The summed E-state index contributed by atoms with van der Waals surface area (Å²) < 4.78 is 143. The Bertz CT molecular complexity index is 3320. The standard InChI is InChI=1S/C44H28N4O12S4.O.V/c49-61(50,51)29-9-1-25(2-10-29)41-33-17-19-35(45-33)42(26-3-11-30(12-4-26)62(52,53)54)37-21-23-39(47-37)44(28-7-15-32(16-8-28)64(58,59)60)40-24-22-38(48-40)43(36-20-18-34(41)46-36)27-5-13-31(14-6-27)63(55,56)57;;/h1-24H,(H,49,50,51)(H,52,53,54)(H,55,56,57)(H,58,59,60);;/q-2;;+2. The fraction of sp³-hybridized carbons (Fsp3) is 0. The van der Waals surface area contributed by atoms with Crippen molar-refractivity contribution >= 4 is 86.8 Å². The average molecular weight is 1000 g/mol. The molecule has 17 nitrogen and oxygen atoms in total. The Labute approximate surface area is 385 Å². The molecule has 0 unspecified atom stereocenters. The van der Waals surface area contributed by atoms with E-state index in [-0.39, 0.29) is 19.6 Å². The van der Waals surface area contributed by atoms with E-state index in [2.05, 4.69) is 0 Å². The van der Waals surface area contributed by atoms with Crippen LogP contribution in [-0.4, -0.2) is 61.9 Å². The van der Waals surface area contributed by atoms with Crippen LogP contribution in [0.5, 0.6) is 0 Å². The van der Waals surface area contributed by atoms with Gasteiger partial charge in [-0.2, -0.15) is 33.7 Å². The van der Waals surface area contributed by atoms with Crippen molar-refractivity contribution in [3.8, 4) is 44.5 Å². The molecule has 9 rings (SSSR count). The maximum atomic E-state index is 12.0. The van der Waals surface area contributed by atoms with E-state index in [1.807, 2.05) is 0 Å². The molecule has 8 bridgehead atoms. The van der Waals surface area contributed by atoms with Crippen LogP contribution in [-0.2, 0) is 61.5 Å². The first-order chi connectivity index (χ1) is 31.2. The van der Waals surface area contributed by atoms with Gasteiger partial charge in [-0.05, 0) is 117 Å². The molecule has 0 saturated heterocycles. The van der Waals surface area contributed by atoms with E-state index in [9.17, 15) is 51.9 Å². The first-order valence-corrected chi connectivity index (χ1v) is 25.1. The molecule has 22 heteroatoms. The van der Waals surface area contributed by atoms with Gasteiger partial charge in [0, 0.05) is 0 Å². The van der Waals surface area contributed by atoms with Crippen LogP contribution >= 0.6 is 0 Å². The second-order valence-corrected chi connectivity index (χ2v) is 20.0. The van der Waals surface area contributed by atoms with Crippen LogP contribution in [0.1, 0.15) is 22.8 Å². The molecule has 2 aliphatic rings. The average Bonchev–Trinajstić information content (AvgIpc) is 4.12. The summed E-state index contributed by atoms with van der Waals surface area (Å²) in [4.78, 5) is 18.7. The van der Waals surface area contributed by atoms with Crippen LogP contribution in [0.3, 0.4) is 0 Å². The van der Waals surface area contributed by atoms with Crippen LogP contribution in [0, 0.1) is 0 Å². The van der Waals surface area contributed by atoms with Crippen molar-refractivity contribution in [3.05, 3.63) is 144 Å². The molecule has 0 radical (unpaired) electrons. The van der Waals surface area contributed by atoms with Gasteiger partial charge in [-0.15, -0.1) is 22.1 Å². The second-order valence-electron chi connectivity index (χ2n) is 14.4. The number of benzene rings is 4. The zero-order chi connectivity index (χ0) is 47.3. The van der Waals surface area contributed by atoms with Crippen molar-refractivity contribution < 1.29 is 72.9 Å². The van der Waals surface area contributed by atoms with Gasteiger partial charge in [0.1, 0.15) is 0 Å². The van der Waals surface area contributed by atoms with E-state index in [0.717, 1.165) is 17.4 Å². The van der Waals surface area contributed by atoms with Gasteiger partial charge in [-0.1, -0.05) is 72.8 Å². The predicted molar refractivity (Wildman–Crippen MR) is 238 cm³/mol. The van der Waals surface area contributed by atoms with Crippen molar-refractivity contribution in [2.75, 3.05) is 0 Å². The summed E-state index contributed by atoms with van der Waals surface area (Å²) in [5, 5.41) is 0. The molecule has 0 spiro atoms. The van der Waals surface area contributed by atoms with Crippen LogP contribution in [0.25, 0.3) is 90.9 Å². The van der Waals surface area contributed by atoms with Crippen LogP contribution in [0.15, 0.2) is 141 Å². The van der Waals surface area contributed by atoms with Crippen LogP contribution in [0.2, 0.25) is 0 Å². The van der Waals surface area contributed by atoms with Gasteiger partial charge in [0.05, 0.1) is 42.4 Å². The molecule has 3 aromatic heterocycles. The second kappa shape index (κ2) is 17.4. The first kappa shape index (κ1) is 46.0. The molecule has 0 atom stereocenters. The molecule has 331 valence electrons. The molecular formula is C44H28N4O13S4V. The molecule has 5 heterocycles. The van der Waals surface area contributed by atoms with Gasteiger partial charge >= 0.3 is 21.0 Å². The van der Waals surface area contributed by atoms with Gasteiger partial charge in [-0.25, -0.2) is 9.97 Å². The molecule has 0 fully saturated rings. The summed E-state index contributed by atoms with van der Waals surface area (Å²) in [7, 11) is -18.2. The number of hydrogen-bond donors (Lipinski definition) is 4. The fourth-order valence-electron chi connectivity index (χ4n) is 7.44. The fourth-order valence-corrected chi connectivity index (χ4v) is 9.36. The SMILES string of the molecule is O=S(=O)(O)c1ccc(-c2c3nc(c(-c4ccc(S(=O)(=O)O)cc4)c4ccc([n-]4)c(-c4ccc(S(=O)(=O)O)cc4)c4nc(c(-c5ccc(S(=O)(=O)O)cc5)c5ccc2[n-]5)C=C4)C=C3)cc1.[O]=[V+2]. The molecule has 0 amide bonds.